The van der Waals surface area contributed by atoms with Gasteiger partial charge in [0, 0.05) is 29.2 Å². The van der Waals surface area contributed by atoms with Crippen LogP contribution in [-0.4, -0.2) is 62.2 Å². The number of aromatic nitrogens is 1. The van der Waals surface area contributed by atoms with Crippen LogP contribution >= 0.6 is 22.9 Å². The summed E-state index contributed by atoms with van der Waals surface area (Å²) in [4.78, 5) is 13.5. The summed E-state index contributed by atoms with van der Waals surface area (Å²) in [5.41, 5.74) is -0.630. The second-order valence-electron chi connectivity index (χ2n) is 7.50. The van der Waals surface area contributed by atoms with Crippen LogP contribution in [0.1, 0.15) is 17.8 Å². The van der Waals surface area contributed by atoms with E-state index in [1.807, 2.05) is 0 Å². The van der Waals surface area contributed by atoms with E-state index in [-0.39, 0.29) is 36.1 Å². The molecule has 1 heterocycles. The molecule has 2 N–H and O–H groups in total. The highest BCUT2D eigenvalue weighted by Crippen LogP contribution is 2.37. The zero-order chi connectivity index (χ0) is 25.7. The van der Waals surface area contributed by atoms with E-state index in [0.717, 1.165) is 23.5 Å². The third kappa shape index (κ3) is 7.14. The van der Waals surface area contributed by atoms with Crippen LogP contribution in [0.15, 0.2) is 40.3 Å². The zero-order valence-electron chi connectivity index (χ0n) is 18.0. The molecule has 0 radical (unpaired) electrons. The number of alkyl halides is 3. The van der Waals surface area contributed by atoms with Crippen molar-refractivity contribution >= 4 is 44.9 Å². The van der Waals surface area contributed by atoms with Gasteiger partial charge in [-0.1, -0.05) is 17.7 Å². The van der Waals surface area contributed by atoms with Gasteiger partial charge in [0.1, 0.15) is 21.5 Å². The number of carboxylic acid groups (broad SMARTS) is 1. The van der Waals surface area contributed by atoms with Gasteiger partial charge in [-0.3, -0.25) is 4.79 Å². The molecule has 0 fully saturated rings. The SMILES string of the molecule is CN(C)[C@@H]1CC=C(C(F)(F)F)C[C@H]1Nc1cc(F)c(S(=O)(=O)Cc2nccs2)cc1Cl.O=CO. The molecule has 0 saturated carbocycles. The van der Waals surface area contributed by atoms with Crippen LogP contribution in [0.4, 0.5) is 23.2 Å². The van der Waals surface area contributed by atoms with E-state index in [1.165, 1.54) is 12.3 Å². The molecule has 0 saturated heterocycles. The van der Waals surface area contributed by atoms with Gasteiger partial charge >= 0.3 is 6.18 Å². The number of thiazole rings is 1. The van der Waals surface area contributed by atoms with Crippen molar-refractivity contribution in [2.24, 2.45) is 0 Å². The number of halogens is 5. The Morgan fingerprint density at radius 2 is 2.00 bits per heavy atom. The van der Waals surface area contributed by atoms with E-state index in [2.05, 4.69) is 10.3 Å². The molecule has 188 valence electrons. The zero-order valence-corrected chi connectivity index (χ0v) is 20.4. The molecule has 1 aliphatic rings. The van der Waals surface area contributed by atoms with Crippen LogP contribution in [0.5, 0.6) is 0 Å². The molecule has 1 aromatic carbocycles. The second kappa shape index (κ2) is 11.5. The van der Waals surface area contributed by atoms with Crippen molar-refractivity contribution in [3.05, 3.63) is 51.2 Å². The molecule has 7 nitrogen and oxygen atoms in total. The summed E-state index contributed by atoms with van der Waals surface area (Å²) < 4.78 is 79.5. The summed E-state index contributed by atoms with van der Waals surface area (Å²) in [5.74, 6) is -1.51. The highest BCUT2D eigenvalue weighted by atomic mass is 35.5. The minimum Gasteiger partial charge on any atom is -0.483 e. The Morgan fingerprint density at radius 1 is 1.35 bits per heavy atom. The number of anilines is 1. The fourth-order valence-corrected chi connectivity index (χ4v) is 6.10. The fraction of sp³-hybridized carbons (Fsp3) is 0.400. The lowest BCUT2D eigenvalue weighted by Gasteiger charge is -2.37. The summed E-state index contributed by atoms with van der Waals surface area (Å²) >= 11 is 7.33. The number of hydrogen-bond donors (Lipinski definition) is 2. The molecule has 2 atom stereocenters. The number of hydrogen-bond acceptors (Lipinski definition) is 7. The summed E-state index contributed by atoms with van der Waals surface area (Å²) in [7, 11) is -0.567. The molecule has 0 aliphatic heterocycles. The number of benzene rings is 1. The van der Waals surface area contributed by atoms with Crippen molar-refractivity contribution in [2.45, 2.75) is 41.7 Å². The minimum atomic E-state index is -4.46. The molecule has 14 heteroatoms. The van der Waals surface area contributed by atoms with Gasteiger partial charge in [0.25, 0.3) is 6.47 Å². The standard InChI is InChI=1S/C19H20ClF4N3O2S2.CH2O2/c1-27(2)16-4-3-11(19(22,23)24)7-15(16)26-14-9-13(21)17(8-12(14)20)31(28,29)10-18-25-5-6-30-18;2-1-3/h3,5-6,8-9,15-16,26H,4,7,10H2,1-2H3;1H,(H,2,3)/t15-,16-;/m1./s1. The molecule has 0 unspecified atom stereocenters. The van der Waals surface area contributed by atoms with E-state index in [0.29, 0.717) is 5.01 Å². The molecule has 0 spiro atoms. The molecule has 1 aliphatic carbocycles. The van der Waals surface area contributed by atoms with Crippen molar-refractivity contribution in [2.75, 3.05) is 19.4 Å². The third-order valence-electron chi connectivity index (χ3n) is 5.03. The maximum atomic E-state index is 14.7. The summed E-state index contributed by atoms with van der Waals surface area (Å²) in [5, 5.41) is 11.6. The molecular formula is C20H22ClF4N3O4S2. The van der Waals surface area contributed by atoms with E-state index >= 15 is 0 Å². The van der Waals surface area contributed by atoms with Crippen LogP contribution in [0, 0.1) is 5.82 Å². The van der Waals surface area contributed by atoms with Gasteiger partial charge in [-0.05, 0) is 39.1 Å². The van der Waals surface area contributed by atoms with E-state index < -0.39 is 44.1 Å². The molecule has 34 heavy (non-hydrogen) atoms. The van der Waals surface area contributed by atoms with Gasteiger partial charge in [-0.25, -0.2) is 17.8 Å². The average Bonchev–Trinajstić information content (AvgIpc) is 3.22. The number of carbonyl (C=O) groups is 1. The van der Waals surface area contributed by atoms with Crippen molar-refractivity contribution < 1.29 is 35.9 Å². The first kappa shape index (κ1) is 28.0. The van der Waals surface area contributed by atoms with E-state index in [4.69, 9.17) is 21.5 Å². The third-order valence-corrected chi connectivity index (χ3v) is 7.94. The number of rotatable bonds is 6. The van der Waals surface area contributed by atoms with E-state index in [1.54, 1.807) is 24.4 Å². The van der Waals surface area contributed by atoms with Gasteiger partial charge in [-0.2, -0.15) is 13.2 Å². The quantitative estimate of drug-likeness (QED) is 0.312. The highest BCUT2D eigenvalue weighted by Gasteiger charge is 2.40. The Balaban J connectivity index is 0.00000129. The Kier molecular flexibility index (Phi) is 9.45. The molecule has 0 amide bonds. The van der Waals surface area contributed by atoms with Gasteiger partial charge in [-0.15, -0.1) is 11.3 Å². The molecule has 2 aromatic rings. The predicted molar refractivity (Wildman–Crippen MR) is 121 cm³/mol. The lowest BCUT2D eigenvalue weighted by molar-refractivity contribution is -0.122. The summed E-state index contributed by atoms with van der Waals surface area (Å²) in [6.07, 6.45) is -2.02. The van der Waals surface area contributed by atoms with Crippen LogP contribution in [0.2, 0.25) is 5.02 Å². The van der Waals surface area contributed by atoms with Crippen molar-refractivity contribution in [3.63, 3.8) is 0 Å². The first-order chi connectivity index (χ1) is 15.8. The Morgan fingerprint density at radius 3 is 2.53 bits per heavy atom. The molecule has 0 bridgehead atoms. The van der Waals surface area contributed by atoms with Gasteiger partial charge in [0.15, 0.2) is 9.84 Å². The number of nitrogens with zero attached hydrogens (tertiary/aromatic N) is 2. The number of sulfone groups is 1. The van der Waals surface area contributed by atoms with Gasteiger partial charge in [0.2, 0.25) is 0 Å². The first-order valence-corrected chi connectivity index (χ1v) is 12.6. The summed E-state index contributed by atoms with van der Waals surface area (Å²) in [6.45, 7) is -0.250. The molecule has 3 rings (SSSR count). The Hall–Kier alpha value is -2.22. The highest BCUT2D eigenvalue weighted by molar-refractivity contribution is 7.90. The van der Waals surface area contributed by atoms with Gasteiger partial charge in [0.05, 0.1) is 10.7 Å². The summed E-state index contributed by atoms with van der Waals surface area (Å²) in [6, 6.07) is 0.899. The number of nitrogens with one attached hydrogen (secondary N) is 1. The van der Waals surface area contributed by atoms with Crippen LogP contribution < -0.4 is 5.32 Å². The average molecular weight is 544 g/mol. The molecule has 1 aromatic heterocycles. The fourth-order valence-electron chi connectivity index (χ4n) is 3.47. The Bertz CT molecular complexity index is 1120. The minimum absolute atomic E-state index is 0.0349. The second-order valence-corrected chi connectivity index (χ2v) is 10.8. The van der Waals surface area contributed by atoms with Crippen LogP contribution in [-0.2, 0) is 20.4 Å². The van der Waals surface area contributed by atoms with Gasteiger partial charge < -0.3 is 15.3 Å². The lowest BCUT2D eigenvalue weighted by Crippen LogP contribution is -2.46. The van der Waals surface area contributed by atoms with Crippen molar-refractivity contribution in [3.8, 4) is 0 Å². The van der Waals surface area contributed by atoms with Crippen molar-refractivity contribution in [1.29, 1.82) is 0 Å². The normalized spacial score (nSPS) is 18.6. The van der Waals surface area contributed by atoms with Crippen LogP contribution in [0.25, 0.3) is 0 Å². The van der Waals surface area contributed by atoms with Crippen molar-refractivity contribution in [1.82, 2.24) is 9.88 Å². The van der Waals surface area contributed by atoms with Crippen LogP contribution in [0.3, 0.4) is 0 Å². The maximum Gasteiger partial charge on any atom is 0.412 e. The Labute approximate surface area is 203 Å². The topological polar surface area (TPSA) is 99.6 Å². The smallest absolute Gasteiger partial charge is 0.412 e. The predicted octanol–water partition coefficient (Wildman–Crippen LogP) is 4.60. The molecular weight excluding hydrogens is 522 g/mol. The lowest BCUT2D eigenvalue weighted by atomic mass is 9.89. The van der Waals surface area contributed by atoms with E-state index in [9.17, 15) is 26.0 Å². The monoisotopic (exact) mass is 543 g/mol. The largest absolute Gasteiger partial charge is 0.483 e. The first-order valence-electron chi connectivity index (χ1n) is 9.67. The number of likely N-dealkylation sites (N-methyl/N-ethyl adjacent to an activating group) is 1. The maximum absolute atomic E-state index is 14.7.